The first-order valence-electron chi connectivity index (χ1n) is 2.68. The summed E-state index contributed by atoms with van der Waals surface area (Å²) in [6.07, 6.45) is 0.990. The van der Waals surface area contributed by atoms with Crippen LogP contribution in [0.5, 0.6) is 0 Å². The Morgan fingerprint density at radius 1 is 1.88 bits per heavy atom. The zero-order valence-electron chi connectivity index (χ0n) is 4.54. The van der Waals surface area contributed by atoms with Crippen molar-refractivity contribution in [2.24, 2.45) is 5.11 Å². The predicted octanol–water partition coefficient (Wildman–Crippen LogP) is 1.89. The molecule has 0 spiro atoms. The Balaban J connectivity index is -0.0000000427. The Labute approximate surface area is 54.9 Å². The maximum absolute atomic E-state index is 7.96. The summed E-state index contributed by atoms with van der Waals surface area (Å²) in [5, 5.41) is 6.63. The van der Waals surface area contributed by atoms with E-state index in [-0.39, 0.29) is 13.2 Å². The molecular weight excluding hydrogens is 104 g/mol. The van der Waals surface area contributed by atoms with Crippen LogP contribution in [0.1, 0.15) is 13.6 Å². The molecule has 0 saturated carbocycles. The summed E-state index contributed by atoms with van der Waals surface area (Å²) in [5.74, 6) is 0. The quantitative estimate of drug-likeness (QED) is 0.322. The van der Waals surface area contributed by atoms with Gasteiger partial charge in [-0.05, 0) is 18.5 Å². The van der Waals surface area contributed by atoms with Gasteiger partial charge in [-0.3, -0.25) is 0 Å². The summed E-state index contributed by atoms with van der Waals surface area (Å²) in [6.45, 7) is 1.84. The molecule has 0 aromatic heterocycles. The fraction of sp³-hybridized carbons (Fsp3) is 1.00. The lowest BCUT2D eigenvalue weighted by molar-refractivity contribution is 0.735. The van der Waals surface area contributed by atoms with Crippen LogP contribution in [0.25, 0.3) is 10.4 Å². The lowest BCUT2D eigenvalue weighted by Gasteiger charge is -1.91. The lowest BCUT2D eigenvalue weighted by Crippen LogP contribution is -2.10. The number of azide groups is 1. The van der Waals surface area contributed by atoms with Gasteiger partial charge in [0, 0.05) is 18.6 Å². The minimum atomic E-state index is 0. The van der Waals surface area contributed by atoms with Crippen molar-refractivity contribution in [3.8, 4) is 0 Å². The first kappa shape index (κ1) is 5.41. The van der Waals surface area contributed by atoms with Crippen LogP contribution in [0.4, 0.5) is 0 Å². The number of hydrogen-bond acceptors (Lipinski definition) is 2. The molecule has 1 N–H and O–H groups in total. The normalized spacial score (nSPS) is 27.2. The second-order valence-corrected chi connectivity index (χ2v) is 1.85. The topological polar surface area (TPSA) is 60.8 Å². The fourth-order valence-corrected chi connectivity index (χ4v) is 0.811. The largest absolute Gasteiger partial charge is 0.316 e. The van der Waals surface area contributed by atoms with Gasteiger partial charge in [0.2, 0.25) is 0 Å². The molecule has 1 unspecified atom stereocenters. The third kappa shape index (κ3) is 1.12. The van der Waals surface area contributed by atoms with Crippen LogP contribution >= 0.6 is 0 Å². The number of nitrogens with zero attached hydrogens (tertiary/aromatic N) is 3. The Hall–Kier alpha value is -0.730. The van der Waals surface area contributed by atoms with Gasteiger partial charge in [-0.1, -0.05) is 5.11 Å². The van der Waals surface area contributed by atoms with E-state index in [9.17, 15) is 0 Å². The van der Waals surface area contributed by atoms with Gasteiger partial charge in [0.1, 0.15) is 0 Å². The maximum atomic E-state index is 7.96. The number of rotatable bonds is 1. The number of hydrogen-bond donors (Lipinski definition) is 1. The van der Waals surface area contributed by atoms with Crippen LogP contribution in [0.3, 0.4) is 0 Å². The van der Waals surface area contributed by atoms with E-state index in [1.165, 1.54) is 0 Å². The molecule has 1 atom stereocenters. The molecule has 1 heterocycles. The van der Waals surface area contributed by atoms with Crippen molar-refractivity contribution in [2.45, 2.75) is 12.5 Å². The van der Waals surface area contributed by atoms with Gasteiger partial charge in [0.15, 0.2) is 0 Å². The minimum Gasteiger partial charge on any atom is -0.316 e. The Kier molecular flexibility index (Phi) is 1.72. The van der Waals surface area contributed by atoms with Crippen molar-refractivity contribution >= 4 is 0 Å². The highest BCUT2D eigenvalue weighted by molar-refractivity contribution is 4.76. The summed E-state index contributed by atoms with van der Waals surface area (Å²) in [6, 6.07) is 0.208. The Bertz CT molecular complexity index is 122. The average Bonchev–Trinajstić information content (AvgIpc) is 2.19. The van der Waals surface area contributed by atoms with Gasteiger partial charge >= 0.3 is 0 Å². The molecule has 1 aliphatic rings. The molecule has 1 rings (SSSR count). The molecular formula is C4H18N4. The predicted molar refractivity (Wildman–Crippen MR) is 41.0 cm³/mol. The fourth-order valence-electron chi connectivity index (χ4n) is 0.811. The minimum absolute atomic E-state index is 0. The van der Waals surface area contributed by atoms with Gasteiger partial charge in [-0.2, -0.15) is 0 Å². The van der Waals surface area contributed by atoms with E-state index in [1.807, 2.05) is 0 Å². The van der Waals surface area contributed by atoms with Gasteiger partial charge < -0.3 is 5.32 Å². The van der Waals surface area contributed by atoms with Gasteiger partial charge in [-0.15, -0.1) is 0 Å². The highest BCUT2D eigenvalue weighted by Gasteiger charge is 2.10. The summed E-state index contributed by atoms with van der Waals surface area (Å²) < 4.78 is 0. The van der Waals surface area contributed by atoms with Gasteiger partial charge in [0.05, 0.1) is 6.04 Å². The van der Waals surface area contributed by atoms with Gasteiger partial charge in [0.25, 0.3) is 0 Å². The van der Waals surface area contributed by atoms with Crippen LogP contribution in [0.15, 0.2) is 5.11 Å². The van der Waals surface area contributed by atoms with Crippen LogP contribution in [-0.4, -0.2) is 19.1 Å². The van der Waals surface area contributed by atoms with E-state index >= 15 is 0 Å². The third-order valence-corrected chi connectivity index (χ3v) is 1.25. The molecule has 0 aromatic carbocycles. The summed E-state index contributed by atoms with van der Waals surface area (Å²) >= 11 is 0. The molecule has 0 bridgehead atoms. The van der Waals surface area contributed by atoms with E-state index in [4.69, 9.17) is 5.53 Å². The monoisotopic (exact) mass is 122 g/mol. The smallest absolute Gasteiger partial charge is 0.0510 e. The molecule has 4 heteroatoms. The summed E-state index contributed by atoms with van der Waals surface area (Å²) in [5.41, 5.74) is 7.96. The van der Waals surface area contributed by atoms with E-state index in [0.717, 1.165) is 19.5 Å². The summed E-state index contributed by atoms with van der Waals surface area (Å²) in [4.78, 5) is 2.70. The first-order valence-corrected chi connectivity index (χ1v) is 2.68. The molecule has 0 aliphatic carbocycles. The number of nitrogens with one attached hydrogen (secondary N) is 1. The molecule has 1 saturated heterocycles. The second-order valence-electron chi connectivity index (χ2n) is 1.85. The highest BCUT2D eigenvalue weighted by Crippen LogP contribution is 2.01. The first-order chi connectivity index (χ1) is 3.93. The summed E-state index contributed by atoms with van der Waals surface area (Å²) in [7, 11) is 0. The van der Waals surface area contributed by atoms with E-state index in [2.05, 4.69) is 15.3 Å². The molecule has 1 fully saturated rings. The Morgan fingerprint density at radius 3 is 3.25 bits per heavy atom. The van der Waals surface area contributed by atoms with Crippen molar-refractivity contribution in [3.63, 3.8) is 0 Å². The second kappa shape index (κ2) is 2.55. The van der Waals surface area contributed by atoms with Crippen LogP contribution in [0, 0.1) is 0 Å². The standard InChI is InChI=1S/C4H8N4.5H2/c5-8-7-4-1-2-6-3-4;;;;;/h4,6H,1-3H2;5*1H. The zero-order chi connectivity index (χ0) is 5.82. The lowest BCUT2D eigenvalue weighted by atomic mass is 10.3. The van der Waals surface area contributed by atoms with Gasteiger partial charge in [-0.25, -0.2) is 0 Å². The van der Waals surface area contributed by atoms with Crippen molar-refractivity contribution in [2.75, 3.05) is 13.1 Å². The molecule has 1 aliphatic heterocycles. The Morgan fingerprint density at radius 2 is 2.75 bits per heavy atom. The molecule has 4 nitrogen and oxygen atoms in total. The zero-order valence-corrected chi connectivity index (χ0v) is 4.54. The van der Waals surface area contributed by atoms with E-state index < -0.39 is 0 Å². The molecule has 8 heavy (non-hydrogen) atoms. The SMILES string of the molecule is [HH].[HH].[HH].[HH].[HH].[N-]=[N+]=NC1CCNC1. The van der Waals surface area contributed by atoms with Crippen LogP contribution in [-0.2, 0) is 0 Å². The van der Waals surface area contributed by atoms with Crippen molar-refractivity contribution < 1.29 is 7.13 Å². The molecule has 54 valence electrons. The molecule has 0 amide bonds. The van der Waals surface area contributed by atoms with Crippen LogP contribution in [0.2, 0.25) is 0 Å². The third-order valence-electron chi connectivity index (χ3n) is 1.25. The van der Waals surface area contributed by atoms with E-state index in [0.29, 0.717) is 0 Å². The molecule has 0 aromatic rings. The molecule has 0 radical (unpaired) electrons. The van der Waals surface area contributed by atoms with E-state index in [1.54, 1.807) is 0 Å². The van der Waals surface area contributed by atoms with Crippen molar-refractivity contribution in [3.05, 3.63) is 10.4 Å². The van der Waals surface area contributed by atoms with Crippen molar-refractivity contribution in [1.82, 2.24) is 5.32 Å². The van der Waals surface area contributed by atoms with Crippen molar-refractivity contribution in [1.29, 1.82) is 0 Å². The highest BCUT2D eigenvalue weighted by atomic mass is 15.2. The van der Waals surface area contributed by atoms with Crippen LogP contribution < -0.4 is 5.32 Å². The average molecular weight is 122 g/mol. The maximum Gasteiger partial charge on any atom is 0.0510 e.